The molecule has 2 aromatic heterocycles. The fourth-order valence-electron chi connectivity index (χ4n) is 2.45. The summed E-state index contributed by atoms with van der Waals surface area (Å²) in [4.78, 5) is 4.74. The van der Waals surface area contributed by atoms with Crippen LogP contribution >= 0.6 is 0 Å². The Morgan fingerprint density at radius 2 is 2.00 bits per heavy atom. The molecule has 2 heterocycles. The van der Waals surface area contributed by atoms with Crippen LogP contribution in [0.25, 0.3) is 16.9 Å². The molecule has 3 nitrogen and oxygen atoms in total. The molecule has 0 fully saturated rings. The number of nitrogens with two attached hydrogens (primary N) is 1. The second-order valence-electron chi connectivity index (χ2n) is 4.86. The standard InChI is InChI=1S/C16H17N3/c1-11-6-7-12(2)13(9-11)16-14(10-17)19-8-4-3-5-15(19)18-16/h3-9H,10,17H2,1-2H3. The molecule has 3 heteroatoms. The van der Waals surface area contributed by atoms with Crippen LogP contribution in [0.4, 0.5) is 0 Å². The maximum absolute atomic E-state index is 5.93. The summed E-state index contributed by atoms with van der Waals surface area (Å²) in [5.41, 5.74) is 12.6. The van der Waals surface area contributed by atoms with Gasteiger partial charge in [-0.1, -0.05) is 23.8 Å². The molecule has 3 rings (SSSR count). The van der Waals surface area contributed by atoms with Gasteiger partial charge in [0, 0.05) is 18.3 Å². The Balaban J connectivity index is 2.33. The van der Waals surface area contributed by atoms with Gasteiger partial charge in [-0.3, -0.25) is 0 Å². The predicted molar refractivity (Wildman–Crippen MR) is 78.0 cm³/mol. The molecule has 2 N–H and O–H groups in total. The Morgan fingerprint density at radius 3 is 2.79 bits per heavy atom. The SMILES string of the molecule is Cc1ccc(C)c(-c2nc3ccccn3c2CN)c1. The van der Waals surface area contributed by atoms with Gasteiger partial charge >= 0.3 is 0 Å². The highest BCUT2D eigenvalue weighted by Crippen LogP contribution is 2.27. The molecule has 0 aliphatic heterocycles. The van der Waals surface area contributed by atoms with Crippen LogP contribution in [0.15, 0.2) is 42.6 Å². The molecule has 0 saturated carbocycles. The van der Waals surface area contributed by atoms with Gasteiger partial charge in [-0.05, 0) is 37.6 Å². The van der Waals surface area contributed by atoms with Crippen molar-refractivity contribution in [2.75, 3.05) is 0 Å². The summed E-state index contributed by atoms with van der Waals surface area (Å²) >= 11 is 0. The highest BCUT2D eigenvalue weighted by atomic mass is 15.0. The van der Waals surface area contributed by atoms with Crippen molar-refractivity contribution in [3.8, 4) is 11.3 Å². The first-order valence-electron chi connectivity index (χ1n) is 6.44. The molecule has 0 spiro atoms. The van der Waals surface area contributed by atoms with Crippen molar-refractivity contribution in [1.29, 1.82) is 0 Å². The lowest BCUT2D eigenvalue weighted by atomic mass is 10.0. The maximum atomic E-state index is 5.93. The number of aryl methyl sites for hydroxylation is 2. The van der Waals surface area contributed by atoms with Crippen LogP contribution in [-0.2, 0) is 6.54 Å². The molecule has 0 radical (unpaired) electrons. The van der Waals surface area contributed by atoms with Crippen LogP contribution < -0.4 is 5.73 Å². The third-order valence-corrected chi connectivity index (χ3v) is 3.47. The Labute approximate surface area is 112 Å². The number of aromatic nitrogens is 2. The Kier molecular flexibility index (Phi) is 2.84. The second kappa shape index (κ2) is 4.52. The lowest BCUT2D eigenvalue weighted by molar-refractivity contribution is 0.961. The van der Waals surface area contributed by atoms with Gasteiger partial charge in [-0.25, -0.2) is 4.98 Å². The maximum Gasteiger partial charge on any atom is 0.137 e. The van der Waals surface area contributed by atoms with E-state index >= 15 is 0 Å². The molecule has 19 heavy (non-hydrogen) atoms. The Hall–Kier alpha value is -2.13. The molecule has 3 aromatic rings. The summed E-state index contributed by atoms with van der Waals surface area (Å²) in [5.74, 6) is 0. The zero-order valence-electron chi connectivity index (χ0n) is 11.2. The molecule has 0 amide bonds. The number of imidazole rings is 1. The minimum Gasteiger partial charge on any atom is -0.325 e. The smallest absolute Gasteiger partial charge is 0.137 e. The second-order valence-corrected chi connectivity index (χ2v) is 4.86. The topological polar surface area (TPSA) is 43.3 Å². The van der Waals surface area contributed by atoms with E-state index in [1.165, 1.54) is 16.7 Å². The summed E-state index contributed by atoms with van der Waals surface area (Å²) in [6.07, 6.45) is 2.01. The number of nitrogens with zero attached hydrogens (tertiary/aromatic N) is 2. The summed E-state index contributed by atoms with van der Waals surface area (Å²) in [7, 11) is 0. The summed E-state index contributed by atoms with van der Waals surface area (Å²) in [6.45, 7) is 4.69. The fraction of sp³-hybridized carbons (Fsp3) is 0.188. The van der Waals surface area contributed by atoms with E-state index in [4.69, 9.17) is 10.7 Å². The normalized spacial score (nSPS) is 11.1. The first-order valence-corrected chi connectivity index (χ1v) is 6.44. The highest BCUT2D eigenvalue weighted by Gasteiger charge is 2.14. The van der Waals surface area contributed by atoms with Crippen LogP contribution in [0.3, 0.4) is 0 Å². The van der Waals surface area contributed by atoms with Crippen molar-refractivity contribution in [1.82, 2.24) is 9.38 Å². The predicted octanol–water partition coefficient (Wildman–Crippen LogP) is 3.08. The Bertz CT molecular complexity index is 741. The van der Waals surface area contributed by atoms with Crippen LogP contribution in [0.1, 0.15) is 16.8 Å². The highest BCUT2D eigenvalue weighted by molar-refractivity contribution is 5.70. The molecule has 0 saturated heterocycles. The van der Waals surface area contributed by atoms with E-state index in [9.17, 15) is 0 Å². The summed E-state index contributed by atoms with van der Waals surface area (Å²) < 4.78 is 2.07. The van der Waals surface area contributed by atoms with E-state index in [-0.39, 0.29) is 0 Å². The van der Waals surface area contributed by atoms with Gasteiger partial charge in [-0.2, -0.15) is 0 Å². The van der Waals surface area contributed by atoms with Crippen molar-refractivity contribution in [2.24, 2.45) is 5.73 Å². The van der Waals surface area contributed by atoms with Crippen molar-refractivity contribution >= 4 is 5.65 Å². The zero-order valence-corrected chi connectivity index (χ0v) is 11.2. The minimum absolute atomic E-state index is 0.480. The number of benzene rings is 1. The van der Waals surface area contributed by atoms with E-state index in [1.54, 1.807) is 0 Å². The van der Waals surface area contributed by atoms with Crippen LogP contribution in [0.2, 0.25) is 0 Å². The van der Waals surface area contributed by atoms with Gasteiger partial charge < -0.3 is 10.1 Å². The van der Waals surface area contributed by atoms with Gasteiger partial charge in [0.15, 0.2) is 0 Å². The van der Waals surface area contributed by atoms with E-state index < -0.39 is 0 Å². The molecule has 0 bridgehead atoms. The number of pyridine rings is 1. The third-order valence-electron chi connectivity index (χ3n) is 3.47. The number of fused-ring (bicyclic) bond motifs is 1. The van der Waals surface area contributed by atoms with E-state index in [2.05, 4.69) is 36.4 Å². The monoisotopic (exact) mass is 251 g/mol. The molecule has 1 aromatic carbocycles. The largest absolute Gasteiger partial charge is 0.325 e. The van der Waals surface area contributed by atoms with Crippen LogP contribution in [-0.4, -0.2) is 9.38 Å². The van der Waals surface area contributed by atoms with Gasteiger partial charge in [0.2, 0.25) is 0 Å². The van der Waals surface area contributed by atoms with Gasteiger partial charge in [0.25, 0.3) is 0 Å². The first-order chi connectivity index (χ1) is 9.20. The molecule has 0 atom stereocenters. The lowest BCUT2D eigenvalue weighted by Gasteiger charge is -2.07. The minimum atomic E-state index is 0.480. The molecule has 0 aliphatic rings. The third kappa shape index (κ3) is 1.92. The zero-order chi connectivity index (χ0) is 13.4. The first kappa shape index (κ1) is 11.9. The quantitative estimate of drug-likeness (QED) is 0.760. The molecule has 0 unspecified atom stereocenters. The molecule has 96 valence electrons. The Morgan fingerprint density at radius 1 is 1.16 bits per heavy atom. The van der Waals surface area contributed by atoms with E-state index in [1.807, 2.05) is 24.4 Å². The summed E-state index contributed by atoms with van der Waals surface area (Å²) in [5, 5.41) is 0. The van der Waals surface area contributed by atoms with Crippen molar-refractivity contribution in [2.45, 2.75) is 20.4 Å². The fourth-order valence-corrected chi connectivity index (χ4v) is 2.45. The van der Waals surface area contributed by atoms with Gasteiger partial charge in [-0.15, -0.1) is 0 Å². The summed E-state index contributed by atoms with van der Waals surface area (Å²) in [6, 6.07) is 12.4. The van der Waals surface area contributed by atoms with Gasteiger partial charge in [0.1, 0.15) is 5.65 Å². The average Bonchev–Trinajstić information content (AvgIpc) is 2.79. The van der Waals surface area contributed by atoms with Crippen molar-refractivity contribution in [3.05, 3.63) is 59.4 Å². The number of hydrogen-bond acceptors (Lipinski definition) is 2. The van der Waals surface area contributed by atoms with E-state index in [0.29, 0.717) is 6.54 Å². The van der Waals surface area contributed by atoms with Crippen molar-refractivity contribution < 1.29 is 0 Å². The van der Waals surface area contributed by atoms with Gasteiger partial charge in [0.05, 0.1) is 11.4 Å². The number of hydrogen-bond donors (Lipinski definition) is 1. The number of rotatable bonds is 2. The molecular formula is C16H17N3. The molecular weight excluding hydrogens is 234 g/mol. The van der Waals surface area contributed by atoms with Crippen molar-refractivity contribution in [3.63, 3.8) is 0 Å². The molecule has 0 aliphatic carbocycles. The van der Waals surface area contributed by atoms with Crippen LogP contribution in [0, 0.1) is 13.8 Å². The average molecular weight is 251 g/mol. The van der Waals surface area contributed by atoms with E-state index in [0.717, 1.165) is 17.0 Å². The lowest BCUT2D eigenvalue weighted by Crippen LogP contribution is -2.02. The van der Waals surface area contributed by atoms with Crippen LogP contribution in [0.5, 0.6) is 0 Å².